The molecule has 0 fully saturated rings. The third-order valence-electron chi connectivity index (χ3n) is 4.49. The van der Waals surface area contributed by atoms with Crippen molar-refractivity contribution >= 4 is 23.2 Å². The van der Waals surface area contributed by atoms with Gasteiger partial charge in [0.2, 0.25) is 5.91 Å². The van der Waals surface area contributed by atoms with E-state index in [2.05, 4.69) is 30.5 Å². The smallest absolute Gasteiger partial charge is 0.251 e. The number of hydrogen-bond acceptors (Lipinski definition) is 4. The summed E-state index contributed by atoms with van der Waals surface area (Å²) < 4.78 is 5.11. The molecule has 5 nitrogen and oxygen atoms in total. The molecule has 1 aromatic carbocycles. The maximum Gasteiger partial charge on any atom is 0.251 e. The summed E-state index contributed by atoms with van der Waals surface area (Å²) in [5.74, 6) is 0.189. The number of methoxy groups -OCH3 is 1. The van der Waals surface area contributed by atoms with Crippen LogP contribution in [0.1, 0.15) is 52.5 Å². The summed E-state index contributed by atoms with van der Waals surface area (Å²) >= 11 is 1.72. The number of hydrogen-bond donors (Lipinski definition) is 2. The minimum Gasteiger partial charge on any atom is -0.497 e. The minimum absolute atomic E-state index is 0.0373. The first-order valence-electron chi connectivity index (χ1n) is 9.05. The van der Waals surface area contributed by atoms with Crippen LogP contribution >= 0.6 is 11.3 Å². The highest BCUT2D eigenvalue weighted by Gasteiger charge is 2.26. The maximum atomic E-state index is 12.8. The van der Waals surface area contributed by atoms with Gasteiger partial charge in [-0.3, -0.25) is 9.59 Å². The summed E-state index contributed by atoms with van der Waals surface area (Å²) in [4.78, 5) is 27.8. The Morgan fingerprint density at radius 3 is 2.15 bits per heavy atom. The van der Waals surface area contributed by atoms with Crippen molar-refractivity contribution in [1.29, 1.82) is 0 Å². The zero-order valence-electron chi connectivity index (χ0n) is 16.8. The molecule has 0 aliphatic rings. The van der Waals surface area contributed by atoms with Gasteiger partial charge in [-0.05, 0) is 62.6 Å². The summed E-state index contributed by atoms with van der Waals surface area (Å²) in [6.45, 7) is 9.92. The fourth-order valence-corrected chi connectivity index (χ4v) is 3.99. The van der Waals surface area contributed by atoms with Gasteiger partial charge in [0.1, 0.15) is 11.8 Å². The zero-order chi connectivity index (χ0) is 20.1. The number of thiophene rings is 1. The van der Waals surface area contributed by atoms with E-state index in [0.717, 1.165) is 5.56 Å². The van der Waals surface area contributed by atoms with Crippen LogP contribution in [0.15, 0.2) is 30.3 Å². The van der Waals surface area contributed by atoms with Crippen molar-refractivity contribution in [3.05, 3.63) is 51.2 Å². The fourth-order valence-electron chi connectivity index (χ4n) is 2.96. The number of carbonyl (C=O) groups is 2. The molecule has 27 heavy (non-hydrogen) atoms. The third kappa shape index (κ3) is 5.32. The molecule has 6 heteroatoms. The summed E-state index contributed by atoms with van der Waals surface area (Å²) in [7, 11) is 1.58. The Bertz CT molecular complexity index is 796. The molecule has 0 radical (unpaired) electrons. The van der Waals surface area contributed by atoms with Gasteiger partial charge in [-0.2, -0.15) is 0 Å². The van der Waals surface area contributed by atoms with E-state index in [1.807, 2.05) is 20.8 Å². The van der Waals surface area contributed by atoms with Crippen molar-refractivity contribution in [1.82, 2.24) is 10.6 Å². The molecule has 2 N–H and O–H groups in total. The number of nitrogens with one attached hydrogen (secondary N) is 2. The molecule has 2 amide bonds. The summed E-state index contributed by atoms with van der Waals surface area (Å²) in [6, 6.07) is 8.20. The molecule has 1 heterocycles. The topological polar surface area (TPSA) is 67.4 Å². The van der Waals surface area contributed by atoms with Crippen LogP contribution in [0.5, 0.6) is 5.75 Å². The van der Waals surface area contributed by atoms with Crippen LogP contribution in [0.4, 0.5) is 0 Å². The fraction of sp³-hybridized carbons (Fsp3) is 0.429. The van der Waals surface area contributed by atoms with Gasteiger partial charge in [-0.1, -0.05) is 13.8 Å². The molecular weight excluding hydrogens is 360 g/mol. The van der Waals surface area contributed by atoms with E-state index in [0.29, 0.717) is 11.3 Å². The minimum atomic E-state index is -0.609. The largest absolute Gasteiger partial charge is 0.497 e. The van der Waals surface area contributed by atoms with Gasteiger partial charge in [-0.25, -0.2) is 0 Å². The van der Waals surface area contributed by atoms with E-state index < -0.39 is 6.04 Å². The number of aryl methyl sites for hydroxylation is 2. The Labute approximate surface area is 165 Å². The SMILES string of the molecule is COc1ccc(C(=O)N[C@H](C(=O)N[C@H](C)c2cc(C)sc2C)C(C)C)cc1. The molecule has 146 valence electrons. The first-order valence-corrected chi connectivity index (χ1v) is 9.86. The number of carbonyl (C=O) groups excluding carboxylic acids is 2. The second-order valence-corrected chi connectivity index (χ2v) is 8.48. The lowest BCUT2D eigenvalue weighted by molar-refractivity contribution is -0.124. The molecule has 2 aromatic rings. The number of benzene rings is 1. The molecule has 0 aliphatic heterocycles. The van der Waals surface area contributed by atoms with Gasteiger partial charge < -0.3 is 15.4 Å². The highest BCUT2D eigenvalue weighted by Crippen LogP contribution is 2.26. The van der Waals surface area contributed by atoms with E-state index in [1.54, 1.807) is 42.7 Å². The second-order valence-electron chi connectivity index (χ2n) is 7.02. The van der Waals surface area contributed by atoms with Crippen LogP contribution in [0.3, 0.4) is 0 Å². The Hall–Kier alpha value is -2.34. The lowest BCUT2D eigenvalue weighted by Gasteiger charge is -2.24. The first kappa shape index (κ1) is 21.0. The first-order chi connectivity index (χ1) is 12.7. The number of rotatable bonds is 7. The van der Waals surface area contributed by atoms with E-state index in [1.165, 1.54) is 9.75 Å². The van der Waals surface area contributed by atoms with Gasteiger partial charge in [-0.15, -0.1) is 11.3 Å². The number of ether oxygens (including phenoxy) is 1. The van der Waals surface area contributed by atoms with Gasteiger partial charge >= 0.3 is 0 Å². The van der Waals surface area contributed by atoms with Crippen LogP contribution in [0, 0.1) is 19.8 Å². The summed E-state index contributed by atoms with van der Waals surface area (Å²) in [6.07, 6.45) is 0. The summed E-state index contributed by atoms with van der Waals surface area (Å²) in [5, 5.41) is 5.90. The van der Waals surface area contributed by atoms with Crippen molar-refractivity contribution in [3.8, 4) is 5.75 Å². The van der Waals surface area contributed by atoms with Crippen LogP contribution in [-0.2, 0) is 4.79 Å². The lowest BCUT2D eigenvalue weighted by Crippen LogP contribution is -2.50. The van der Waals surface area contributed by atoms with Gasteiger partial charge in [0.25, 0.3) is 5.91 Å². The van der Waals surface area contributed by atoms with Gasteiger partial charge in [0.05, 0.1) is 13.2 Å². The summed E-state index contributed by atoms with van der Waals surface area (Å²) in [5.41, 5.74) is 1.61. The van der Waals surface area contributed by atoms with Crippen molar-refractivity contribution in [2.24, 2.45) is 5.92 Å². The lowest BCUT2D eigenvalue weighted by atomic mass is 10.0. The normalized spacial score (nSPS) is 13.1. The van der Waals surface area contributed by atoms with Gasteiger partial charge in [0.15, 0.2) is 0 Å². The predicted molar refractivity (Wildman–Crippen MR) is 109 cm³/mol. The Morgan fingerprint density at radius 2 is 1.67 bits per heavy atom. The molecular formula is C21H28N2O3S. The molecule has 0 bridgehead atoms. The van der Waals surface area contributed by atoms with Crippen LogP contribution in [-0.4, -0.2) is 25.0 Å². The standard InChI is InChI=1S/C21H28N2O3S/c1-12(2)19(23-20(24)16-7-9-17(26-6)10-8-16)21(25)22-14(4)18-11-13(3)27-15(18)5/h7-12,14,19H,1-6H3,(H,22,25)(H,23,24)/t14-,19+/m1/s1. The Morgan fingerprint density at radius 1 is 1.04 bits per heavy atom. The van der Waals surface area contributed by atoms with Crippen LogP contribution in [0.25, 0.3) is 0 Å². The van der Waals surface area contributed by atoms with Crippen LogP contribution in [0.2, 0.25) is 0 Å². The molecule has 1 aromatic heterocycles. The number of amides is 2. The Kier molecular flexibility index (Phi) is 7.02. The second kappa shape index (κ2) is 9.04. The van der Waals surface area contributed by atoms with Crippen molar-refractivity contribution in [2.45, 2.75) is 46.7 Å². The monoisotopic (exact) mass is 388 g/mol. The Balaban J connectivity index is 2.07. The molecule has 0 aliphatic carbocycles. The maximum absolute atomic E-state index is 12.8. The van der Waals surface area contributed by atoms with Gasteiger partial charge in [0, 0.05) is 15.3 Å². The van der Waals surface area contributed by atoms with E-state index in [-0.39, 0.29) is 23.8 Å². The van der Waals surface area contributed by atoms with E-state index >= 15 is 0 Å². The molecule has 0 saturated heterocycles. The predicted octanol–water partition coefficient (Wildman–Crippen LogP) is 4.01. The van der Waals surface area contributed by atoms with Crippen molar-refractivity contribution in [2.75, 3.05) is 7.11 Å². The molecule has 0 spiro atoms. The highest BCUT2D eigenvalue weighted by atomic mass is 32.1. The van der Waals surface area contributed by atoms with Crippen molar-refractivity contribution in [3.63, 3.8) is 0 Å². The van der Waals surface area contributed by atoms with E-state index in [4.69, 9.17) is 4.74 Å². The molecule has 0 unspecified atom stereocenters. The molecule has 0 saturated carbocycles. The highest BCUT2D eigenvalue weighted by molar-refractivity contribution is 7.12. The van der Waals surface area contributed by atoms with Crippen molar-refractivity contribution < 1.29 is 14.3 Å². The van der Waals surface area contributed by atoms with E-state index in [9.17, 15) is 9.59 Å². The van der Waals surface area contributed by atoms with Crippen LogP contribution < -0.4 is 15.4 Å². The molecule has 2 rings (SSSR count). The quantitative estimate of drug-likeness (QED) is 0.753. The molecule has 2 atom stereocenters. The average molecular weight is 389 g/mol. The zero-order valence-corrected chi connectivity index (χ0v) is 17.6. The third-order valence-corrected chi connectivity index (χ3v) is 5.47. The average Bonchev–Trinajstić information content (AvgIpc) is 2.97.